The van der Waals surface area contributed by atoms with E-state index in [1.54, 1.807) is 0 Å². The van der Waals surface area contributed by atoms with Gasteiger partial charge in [0.05, 0.1) is 0 Å². The fourth-order valence-electron chi connectivity index (χ4n) is 1.32. The van der Waals surface area contributed by atoms with E-state index in [2.05, 4.69) is 12.2 Å². The second kappa shape index (κ2) is 4.26. The lowest BCUT2D eigenvalue weighted by Crippen LogP contribution is -2.02. The summed E-state index contributed by atoms with van der Waals surface area (Å²) in [5.41, 5.74) is 0. The van der Waals surface area contributed by atoms with Crippen LogP contribution in [0, 0.1) is 5.92 Å². The number of rotatable bonds is 1. The van der Waals surface area contributed by atoms with E-state index < -0.39 is 0 Å². The average Bonchev–Trinajstić information content (AvgIpc) is 1.87. The largest absolute Gasteiger partial charge is 0.303 e. The Kier molecular flexibility index (Phi) is 3.20. The molecule has 0 heterocycles. The fourth-order valence-corrected chi connectivity index (χ4v) is 1.32. The van der Waals surface area contributed by atoms with Crippen molar-refractivity contribution in [3.8, 4) is 0 Å². The standard InChI is InChI=1S/C9H14O/c10-8-9-6-4-2-1-3-5-7-9/h1-2,8-9H,3-7H2/t9-/m1/s1. The highest BCUT2D eigenvalue weighted by Gasteiger charge is 2.06. The minimum atomic E-state index is 0.338. The van der Waals surface area contributed by atoms with Crippen LogP contribution in [-0.4, -0.2) is 6.29 Å². The lowest BCUT2D eigenvalue weighted by atomic mass is 9.96. The summed E-state index contributed by atoms with van der Waals surface area (Å²) >= 11 is 0. The molecule has 0 aliphatic heterocycles. The highest BCUT2D eigenvalue weighted by atomic mass is 16.1. The zero-order valence-corrected chi connectivity index (χ0v) is 6.25. The molecule has 0 spiro atoms. The van der Waals surface area contributed by atoms with Gasteiger partial charge in [-0.2, -0.15) is 0 Å². The summed E-state index contributed by atoms with van der Waals surface area (Å²) in [7, 11) is 0. The van der Waals surface area contributed by atoms with Crippen molar-refractivity contribution in [2.45, 2.75) is 32.1 Å². The van der Waals surface area contributed by atoms with Crippen molar-refractivity contribution in [3.63, 3.8) is 0 Å². The van der Waals surface area contributed by atoms with E-state index in [0.717, 1.165) is 32.0 Å². The Hall–Kier alpha value is -0.590. The van der Waals surface area contributed by atoms with Crippen LogP contribution in [0.5, 0.6) is 0 Å². The number of carbonyl (C=O) groups is 1. The normalized spacial score (nSPS) is 27.0. The molecule has 1 atom stereocenters. The molecule has 0 aromatic rings. The summed E-state index contributed by atoms with van der Waals surface area (Å²) < 4.78 is 0. The molecular formula is C9H14O. The van der Waals surface area contributed by atoms with Gasteiger partial charge in [-0.1, -0.05) is 12.2 Å². The lowest BCUT2D eigenvalue weighted by molar-refractivity contribution is -0.111. The van der Waals surface area contributed by atoms with Crippen LogP contribution < -0.4 is 0 Å². The van der Waals surface area contributed by atoms with E-state index in [1.165, 1.54) is 6.42 Å². The van der Waals surface area contributed by atoms with Crippen LogP contribution in [0.3, 0.4) is 0 Å². The van der Waals surface area contributed by atoms with Crippen LogP contribution in [0.4, 0.5) is 0 Å². The predicted octanol–water partition coefficient (Wildman–Crippen LogP) is 2.32. The molecule has 1 heteroatoms. The summed E-state index contributed by atoms with van der Waals surface area (Å²) in [6.45, 7) is 0. The van der Waals surface area contributed by atoms with Gasteiger partial charge in [-0.15, -0.1) is 0 Å². The van der Waals surface area contributed by atoms with Crippen molar-refractivity contribution in [2.24, 2.45) is 5.92 Å². The van der Waals surface area contributed by atoms with Crippen LogP contribution in [-0.2, 0) is 4.79 Å². The van der Waals surface area contributed by atoms with Gasteiger partial charge in [-0.3, -0.25) is 0 Å². The predicted molar refractivity (Wildman–Crippen MR) is 41.8 cm³/mol. The molecule has 0 aromatic carbocycles. The van der Waals surface area contributed by atoms with Crippen LogP contribution >= 0.6 is 0 Å². The number of hydrogen-bond acceptors (Lipinski definition) is 1. The maximum Gasteiger partial charge on any atom is 0.123 e. The van der Waals surface area contributed by atoms with Crippen molar-refractivity contribution >= 4 is 6.29 Å². The van der Waals surface area contributed by atoms with Gasteiger partial charge < -0.3 is 4.79 Å². The first-order valence-electron chi connectivity index (χ1n) is 4.04. The molecule has 0 radical (unpaired) electrons. The van der Waals surface area contributed by atoms with Gasteiger partial charge in [-0.05, 0) is 32.1 Å². The van der Waals surface area contributed by atoms with Crippen molar-refractivity contribution < 1.29 is 4.79 Å². The van der Waals surface area contributed by atoms with Gasteiger partial charge in [0.1, 0.15) is 6.29 Å². The zero-order valence-electron chi connectivity index (χ0n) is 6.25. The highest BCUT2D eigenvalue weighted by molar-refractivity contribution is 5.53. The topological polar surface area (TPSA) is 17.1 Å². The molecule has 0 aromatic heterocycles. The van der Waals surface area contributed by atoms with Gasteiger partial charge in [-0.25, -0.2) is 0 Å². The molecular weight excluding hydrogens is 124 g/mol. The quantitative estimate of drug-likeness (QED) is 0.401. The van der Waals surface area contributed by atoms with Gasteiger partial charge >= 0.3 is 0 Å². The third-order valence-electron chi connectivity index (χ3n) is 2.01. The maximum atomic E-state index is 10.4. The van der Waals surface area contributed by atoms with Gasteiger partial charge in [0, 0.05) is 5.92 Å². The molecule has 1 nitrogen and oxygen atoms in total. The molecule has 1 aliphatic rings. The smallest absolute Gasteiger partial charge is 0.123 e. The summed E-state index contributed by atoms with van der Waals surface area (Å²) in [6.07, 6.45) is 11.1. The molecule has 0 bridgehead atoms. The molecule has 1 rings (SSSR count). The van der Waals surface area contributed by atoms with E-state index in [1.807, 2.05) is 0 Å². The monoisotopic (exact) mass is 138 g/mol. The van der Waals surface area contributed by atoms with Crippen LogP contribution in [0.25, 0.3) is 0 Å². The summed E-state index contributed by atoms with van der Waals surface area (Å²) in [4.78, 5) is 10.4. The van der Waals surface area contributed by atoms with Crippen molar-refractivity contribution in [1.29, 1.82) is 0 Å². The van der Waals surface area contributed by atoms with Crippen molar-refractivity contribution in [1.82, 2.24) is 0 Å². The molecule has 0 saturated heterocycles. The fraction of sp³-hybridized carbons (Fsp3) is 0.667. The molecule has 0 saturated carbocycles. The second-order valence-corrected chi connectivity index (χ2v) is 2.88. The third-order valence-corrected chi connectivity index (χ3v) is 2.01. The first-order valence-corrected chi connectivity index (χ1v) is 4.04. The van der Waals surface area contributed by atoms with Crippen molar-refractivity contribution in [2.75, 3.05) is 0 Å². The van der Waals surface area contributed by atoms with E-state index >= 15 is 0 Å². The third kappa shape index (κ3) is 2.34. The second-order valence-electron chi connectivity index (χ2n) is 2.88. The Morgan fingerprint density at radius 3 is 2.80 bits per heavy atom. The zero-order chi connectivity index (χ0) is 7.23. The van der Waals surface area contributed by atoms with Crippen LogP contribution in [0.2, 0.25) is 0 Å². The minimum absolute atomic E-state index is 0.338. The molecule has 10 heavy (non-hydrogen) atoms. The summed E-state index contributed by atoms with van der Waals surface area (Å²) in [5.74, 6) is 0.338. The first kappa shape index (κ1) is 7.52. The molecule has 0 fully saturated rings. The first-order chi connectivity index (χ1) is 4.93. The Morgan fingerprint density at radius 2 is 2.00 bits per heavy atom. The summed E-state index contributed by atoms with van der Waals surface area (Å²) in [6, 6.07) is 0. The maximum absolute atomic E-state index is 10.4. The number of hydrogen-bond donors (Lipinski definition) is 0. The van der Waals surface area contributed by atoms with Crippen LogP contribution in [0.1, 0.15) is 32.1 Å². The molecule has 0 N–H and O–H groups in total. The minimum Gasteiger partial charge on any atom is -0.303 e. The van der Waals surface area contributed by atoms with Gasteiger partial charge in [0.2, 0.25) is 0 Å². The van der Waals surface area contributed by atoms with E-state index in [4.69, 9.17) is 0 Å². The van der Waals surface area contributed by atoms with Crippen LogP contribution in [0.15, 0.2) is 12.2 Å². The molecule has 0 amide bonds. The van der Waals surface area contributed by atoms with E-state index in [9.17, 15) is 4.79 Å². The Labute approximate surface area is 62.1 Å². The highest BCUT2D eigenvalue weighted by Crippen LogP contribution is 2.15. The molecule has 0 unspecified atom stereocenters. The van der Waals surface area contributed by atoms with E-state index in [0.29, 0.717) is 5.92 Å². The number of aldehydes is 1. The van der Waals surface area contributed by atoms with Crippen molar-refractivity contribution in [3.05, 3.63) is 12.2 Å². The average molecular weight is 138 g/mol. The molecule has 1 aliphatic carbocycles. The van der Waals surface area contributed by atoms with Gasteiger partial charge in [0.25, 0.3) is 0 Å². The Balaban J connectivity index is 2.34. The number of carbonyl (C=O) groups excluding carboxylic acids is 1. The van der Waals surface area contributed by atoms with E-state index in [-0.39, 0.29) is 0 Å². The SMILES string of the molecule is O=C[C@@H]1CCC=CCCC1. The summed E-state index contributed by atoms with van der Waals surface area (Å²) in [5, 5.41) is 0. The lowest BCUT2D eigenvalue weighted by Gasteiger charge is -2.09. The number of allylic oxidation sites excluding steroid dienone is 2. The van der Waals surface area contributed by atoms with Gasteiger partial charge in [0.15, 0.2) is 0 Å². The Morgan fingerprint density at radius 1 is 1.20 bits per heavy atom. The Bertz CT molecular complexity index is 127. The molecule has 56 valence electrons.